The van der Waals surface area contributed by atoms with Gasteiger partial charge in [-0.15, -0.1) is 11.3 Å². The van der Waals surface area contributed by atoms with Crippen molar-refractivity contribution in [2.24, 2.45) is 0 Å². The van der Waals surface area contributed by atoms with Crippen LogP contribution >= 0.6 is 22.9 Å². The molecule has 4 rings (SSSR count). The van der Waals surface area contributed by atoms with Gasteiger partial charge in [0, 0.05) is 10.6 Å². The molecule has 0 saturated carbocycles. The third-order valence-corrected chi connectivity index (χ3v) is 8.32. The highest BCUT2D eigenvalue weighted by Gasteiger charge is 2.32. The van der Waals surface area contributed by atoms with E-state index in [9.17, 15) is 13.2 Å². The van der Waals surface area contributed by atoms with Gasteiger partial charge < -0.3 is 15.8 Å². The fraction of sp³-hybridized carbons (Fsp3) is 0.0800. The fourth-order valence-corrected chi connectivity index (χ4v) is 6.44. The maximum atomic E-state index is 13.6. The number of carbonyl (C=O) groups excluding carboxylic acids is 1. The lowest BCUT2D eigenvalue weighted by molar-refractivity contribution is 0.104. The average molecular weight is 513 g/mol. The zero-order valence-electron chi connectivity index (χ0n) is 18.1. The molecule has 0 fully saturated rings. The molecule has 9 heteroatoms. The van der Waals surface area contributed by atoms with Crippen LogP contribution < -0.4 is 15.8 Å². The normalized spacial score (nSPS) is 11.2. The number of halogens is 1. The third-order valence-electron chi connectivity index (χ3n) is 4.97. The lowest BCUT2D eigenvalue weighted by Gasteiger charge is -2.13. The van der Waals surface area contributed by atoms with Gasteiger partial charge in [-0.1, -0.05) is 41.9 Å². The van der Waals surface area contributed by atoms with E-state index in [0.717, 1.165) is 11.3 Å². The number of ketones is 1. The minimum atomic E-state index is -4.04. The van der Waals surface area contributed by atoms with Gasteiger partial charge in [-0.05, 0) is 55.5 Å². The number of hydrogen-bond donors (Lipinski definition) is 2. The zero-order valence-corrected chi connectivity index (χ0v) is 20.5. The highest BCUT2D eigenvalue weighted by Crippen LogP contribution is 2.45. The zero-order chi connectivity index (χ0) is 24.3. The SMILES string of the molecule is CCOc1ccccc1Nc1sc(C(=O)c2ccc(Cl)cc2)c(N)c1S(=O)(=O)c1ccccc1. The molecule has 3 aromatic carbocycles. The van der Waals surface area contributed by atoms with Crippen LogP contribution in [0.4, 0.5) is 16.4 Å². The summed E-state index contributed by atoms with van der Waals surface area (Å²) in [5, 5.41) is 3.85. The first-order valence-electron chi connectivity index (χ1n) is 10.3. The lowest BCUT2D eigenvalue weighted by atomic mass is 10.1. The topological polar surface area (TPSA) is 98.5 Å². The molecule has 0 aliphatic rings. The largest absolute Gasteiger partial charge is 0.492 e. The highest BCUT2D eigenvalue weighted by molar-refractivity contribution is 7.92. The molecule has 0 radical (unpaired) electrons. The Morgan fingerprint density at radius 2 is 1.65 bits per heavy atom. The lowest BCUT2D eigenvalue weighted by Crippen LogP contribution is -2.08. The van der Waals surface area contributed by atoms with Gasteiger partial charge in [0.1, 0.15) is 20.5 Å². The molecule has 4 aromatic rings. The summed E-state index contributed by atoms with van der Waals surface area (Å²) < 4.78 is 32.9. The number of rotatable bonds is 8. The first kappa shape index (κ1) is 23.8. The predicted molar refractivity (Wildman–Crippen MR) is 136 cm³/mol. The van der Waals surface area contributed by atoms with Crippen molar-refractivity contribution in [2.45, 2.75) is 16.7 Å². The number of hydrogen-bond acceptors (Lipinski definition) is 7. The van der Waals surface area contributed by atoms with Crippen LogP contribution in [0.5, 0.6) is 5.75 Å². The Labute approximate surface area is 206 Å². The van der Waals surface area contributed by atoms with Crippen LogP contribution in [-0.2, 0) is 9.84 Å². The van der Waals surface area contributed by atoms with E-state index in [4.69, 9.17) is 22.1 Å². The van der Waals surface area contributed by atoms with Gasteiger partial charge in [0.25, 0.3) is 0 Å². The Balaban J connectivity index is 1.88. The van der Waals surface area contributed by atoms with Gasteiger partial charge in [0.05, 0.1) is 22.9 Å². The second-order valence-electron chi connectivity index (χ2n) is 7.21. The fourth-order valence-electron chi connectivity index (χ4n) is 3.37. The maximum Gasteiger partial charge on any atom is 0.211 e. The van der Waals surface area contributed by atoms with Crippen molar-refractivity contribution in [1.82, 2.24) is 0 Å². The number of nitrogens with two attached hydrogens (primary N) is 1. The Morgan fingerprint density at radius 1 is 1.00 bits per heavy atom. The Morgan fingerprint density at radius 3 is 2.32 bits per heavy atom. The van der Waals surface area contributed by atoms with Crippen molar-refractivity contribution in [2.75, 3.05) is 17.7 Å². The van der Waals surface area contributed by atoms with Gasteiger partial charge >= 0.3 is 0 Å². The first-order chi connectivity index (χ1) is 16.3. The monoisotopic (exact) mass is 512 g/mol. The Bertz CT molecular complexity index is 1430. The quantitative estimate of drug-likeness (QED) is 0.273. The van der Waals surface area contributed by atoms with Crippen molar-refractivity contribution >= 4 is 54.9 Å². The first-order valence-corrected chi connectivity index (χ1v) is 13.0. The van der Waals surface area contributed by atoms with Crippen LogP contribution in [0.3, 0.4) is 0 Å². The average Bonchev–Trinajstić information content (AvgIpc) is 3.17. The molecule has 1 heterocycles. The number of nitrogens with one attached hydrogen (secondary N) is 1. The molecule has 0 spiro atoms. The number of thiophene rings is 1. The molecule has 0 bridgehead atoms. The number of nitrogen functional groups attached to an aromatic ring is 1. The van der Waals surface area contributed by atoms with Crippen LogP contribution in [0, 0.1) is 0 Å². The summed E-state index contributed by atoms with van der Waals surface area (Å²) in [6, 6.07) is 21.5. The molecule has 3 N–H and O–H groups in total. The van der Waals surface area contributed by atoms with Gasteiger partial charge in [0.15, 0.2) is 0 Å². The summed E-state index contributed by atoms with van der Waals surface area (Å²) in [4.78, 5) is 13.3. The number of carbonyl (C=O) groups is 1. The molecule has 0 unspecified atom stereocenters. The summed E-state index contributed by atoms with van der Waals surface area (Å²) in [6.07, 6.45) is 0. The molecule has 34 heavy (non-hydrogen) atoms. The Kier molecular flexibility index (Phi) is 6.92. The van der Waals surface area contributed by atoms with Crippen LogP contribution in [0.15, 0.2) is 88.7 Å². The molecular weight excluding hydrogens is 492 g/mol. The van der Waals surface area contributed by atoms with Gasteiger partial charge in [0.2, 0.25) is 15.6 Å². The maximum absolute atomic E-state index is 13.6. The van der Waals surface area contributed by atoms with Crippen LogP contribution in [0.2, 0.25) is 5.02 Å². The second-order valence-corrected chi connectivity index (χ2v) is 10.6. The standard InChI is InChI=1S/C25H21ClN2O4S2/c1-2-32-20-11-7-6-10-19(20)28-25-24(34(30,31)18-8-4-3-5-9-18)21(27)23(33-25)22(29)16-12-14-17(26)15-13-16/h3-15,28H,2,27H2,1H3. The van der Waals surface area contributed by atoms with Crippen molar-refractivity contribution in [3.63, 3.8) is 0 Å². The van der Waals surface area contributed by atoms with Gasteiger partial charge in [-0.2, -0.15) is 0 Å². The van der Waals surface area contributed by atoms with Crippen LogP contribution in [0.1, 0.15) is 22.2 Å². The molecule has 0 saturated heterocycles. The van der Waals surface area contributed by atoms with Gasteiger partial charge in [-0.25, -0.2) is 8.42 Å². The number of benzene rings is 3. The second kappa shape index (κ2) is 9.89. The molecule has 0 aliphatic heterocycles. The van der Waals surface area contributed by atoms with E-state index < -0.39 is 15.6 Å². The number of ether oxygens (including phenoxy) is 1. The minimum absolute atomic E-state index is 0.0751. The number of sulfone groups is 1. The van der Waals surface area contributed by atoms with E-state index in [1.807, 2.05) is 13.0 Å². The molecule has 1 aromatic heterocycles. The Hall–Kier alpha value is -3.33. The minimum Gasteiger partial charge on any atom is -0.492 e. The van der Waals surface area contributed by atoms with E-state index in [-0.39, 0.29) is 25.4 Å². The van der Waals surface area contributed by atoms with E-state index in [2.05, 4.69) is 5.32 Å². The molecule has 0 amide bonds. The van der Waals surface area contributed by atoms with Gasteiger partial charge in [-0.3, -0.25) is 4.79 Å². The molecule has 0 aliphatic carbocycles. The molecule has 6 nitrogen and oxygen atoms in total. The smallest absolute Gasteiger partial charge is 0.211 e. The van der Waals surface area contributed by atoms with Crippen molar-refractivity contribution in [3.05, 3.63) is 94.3 Å². The summed E-state index contributed by atoms with van der Waals surface area (Å²) in [5.41, 5.74) is 7.16. The van der Waals surface area contributed by atoms with E-state index in [1.165, 1.54) is 12.1 Å². The van der Waals surface area contributed by atoms with Crippen LogP contribution in [0.25, 0.3) is 0 Å². The van der Waals surface area contributed by atoms with Crippen molar-refractivity contribution in [1.29, 1.82) is 0 Å². The molecular formula is C25H21ClN2O4S2. The number of anilines is 3. The predicted octanol–water partition coefficient (Wildman–Crippen LogP) is 6.19. The summed E-state index contributed by atoms with van der Waals surface area (Å²) >= 11 is 6.93. The molecule has 174 valence electrons. The highest BCUT2D eigenvalue weighted by atomic mass is 35.5. The van der Waals surface area contributed by atoms with E-state index in [0.29, 0.717) is 28.6 Å². The summed E-state index contributed by atoms with van der Waals surface area (Å²) in [6.45, 7) is 2.29. The van der Waals surface area contributed by atoms with E-state index >= 15 is 0 Å². The molecule has 0 atom stereocenters. The summed E-state index contributed by atoms with van der Waals surface area (Å²) in [5.74, 6) is 0.153. The van der Waals surface area contributed by atoms with Crippen molar-refractivity contribution in [3.8, 4) is 5.75 Å². The van der Waals surface area contributed by atoms with Crippen molar-refractivity contribution < 1.29 is 17.9 Å². The summed E-state index contributed by atoms with van der Waals surface area (Å²) in [7, 11) is -4.04. The third kappa shape index (κ3) is 4.65. The number of para-hydroxylation sites is 2. The van der Waals surface area contributed by atoms with E-state index in [1.54, 1.807) is 60.7 Å². The van der Waals surface area contributed by atoms with Crippen LogP contribution in [-0.4, -0.2) is 20.8 Å².